The molecule has 1 aromatic heterocycles. The van der Waals surface area contributed by atoms with Gasteiger partial charge in [0, 0.05) is 0 Å². The molecule has 0 saturated carbocycles. The Morgan fingerprint density at radius 2 is 2.20 bits per heavy atom. The van der Waals surface area contributed by atoms with Gasteiger partial charge in [-0.2, -0.15) is 0 Å². The number of benzene rings is 1. The molecule has 1 radical (unpaired) electrons. The molecule has 1 heterocycles. The first kappa shape index (κ1) is 10.0. The Morgan fingerprint density at radius 1 is 1.33 bits per heavy atom. The monoisotopic (exact) mass is 204 g/mol. The van der Waals surface area contributed by atoms with E-state index in [-0.39, 0.29) is 5.76 Å². The maximum Gasteiger partial charge on any atom is 0.417 e. The van der Waals surface area contributed by atoms with Gasteiger partial charge >= 0.3 is 5.76 Å². The van der Waals surface area contributed by atoms with Crippen LogP contribution >= 0.6 is 0 Å². The van der Waals surface area contributed by atoms with Crippen LogP contribution in [0.2, 0.25) is 0 Å². The summed E-state index contributed by atoms with van der Waals surface area (Å²) in [5.41, 5.74) is 2.63. The molecule has 0 bridgehead atoms. The van der Waals surface area contributed by atoms with E-state index in [2.05, 4.69) is 11.9 Å². The number of rotatable bonds is 4. The maximum absolute atomic E-state index is 11.0. The average Bonchev–Trinajstić information content (AvgIpc) is 2.59. The van der Waals surface area contributed by atoms with Gasteiger partial charge in [0.25, 0.3) is 0 Å². The van der Waals surface area contributed by atoms with Crippen LogP contribution in [0.1, 0.15) is 24.8 Å². The highest BCUT2D eigenvalue weighted by Gasteiger charge is 2.05. The van der Waals surface area contributed by atoms with Crippen molar-refractivity contribution in [2.24, 2.45) is 0 Å². The number of hydrogen-bond donors (Lipinski definition) is 1. The summed E-state index contributed by atoms with van der Waals surface area (Å²) in [5.74, 6) is -0.380. The number of oxazole rings is 1. The van der Waals surface area contributed by atoms with Gasteiger partial charge in [-0.1, -0.05) is 31.9 Å². The van der Waals surface area contributed by atoms with Crippen molar-refractivity contribution in [2.75, 3.05) is 0 Å². The van der Waals surface area contributed by atoms with Crippen LogP contribution in [0.3, 0.4) is 0 Å². The zero-order valence-corrected chi connectivity index (χ0v) is 8.58. The Balaban J connectivity index is 2.29. The maximum atomic E-state index is 11.0. The van der Waals surface area contributed by atoms with Gasteiger partial charge in [0.1, 0.15) is 0 Å². The molecular weight excluding hydrogens is 190 g/mol. The second-order valence-electron chi connectivity index (χ2n) is 3.62. The van der Waals surface area contributed by atoms with E-state index in [0.717, 1.165) is 36.8 Å². The molecule has 0 saturated heterocycles. The Hall–Kier alpha value is -1.51. The minimum Gasteiger partial charge on any atom is -0.408 e. The molecule has 2 rings (SSSR count). The van der Waals surface area contributed by atoms with Crippen molar-refractivity contribution in [3.8, 4) is 0 Å². The second kappa shape index (κ2) is 4.34. The van der Waals surface area contributed by atoms with Gasteiger partial charge in [-0.3, -0.25) is 4.98 Å². The van der Waals surface area contributed by atoms with Gasteiger partial charge in [0.2, 0.25) is 0 Å². The van der Waals surface area contributed by atoms with Gasteiger partial charge in [-0.05, 0) is 24.5 Å². The normalized spacial score (nSPS) is 11.0. The molecule has 0 aliphatic heterocycles. The average molecular weight is 204 g/mol. The quantitative estimate of drug-likeness (QED) is 0.778. The van der Waals surface area contributed by atoms with E-state index in [9.17, 15) is 4.79 Å². The lowest BCUT2D eigenvalue weighted by molar-refractivity contribution is 0.555. The van der Waals surface area contributed by atoms with Crippen molar-refractivity contribution in [1.82, 2.24) is 4.98 Å². The summed E-state index contributed by atoms with van der Waals surface area (Å²) >= 11 is 0. The molecule has 3 nitrogen and oxygen atoms in total. The number of para-hydroxylation sites is 1. The molecule has 0 fully saturated rings. The number of aryl methyl sites for hydroxylation is 1. The van der Waals surface area contributed by atoms with Crippen molar-refractivity contribution in [1.29, 1.82) is 0 Å². The highest BCUT2D eigenvalue weighted by molar-refractivity contribution is 5.75. The summed E-state index contributed by atoms with van der Waals surface area (Å²) in [6, 6.07) is 5.74. The third-order valence-electron chi connectivity index (χ3n) is 2.49. The zero-order valence-electron chi connectivity index (χ0n) is 8.58. The van der Waals surface area contributed by atoms with Crippen LogP contribution in [-0.2, 0) is 6.42 Å². The summed E-state index contributed by atoms with van der Waals surface area (Å²) in [7, 11) is 0. The third-order valence-corrected chi connectivity index (χ3v) is 2.49. The number of aromatic amines is 1. The van der Waals surface area contributed by atoms with Crippen molar-refractivity contribution < 1.29 is 4.42 Å². The number of hydrogen-bond acceptors (Lipinski definition) is 2. The highest BCUT2D eigenvalue weighted by Crippen LogP contribution is 2.17. The first-order chi connectivity index (χ1) is 7.31. The van der Waals surface area contributed by atoms with Crippen LogP contribution in [0.4, 0.5) is 0 Å². The second-order valence-corrected chi connectivity index (χ2v) is 3.62. The number of unbranched alkanes of at least 4 members (excludes halogenated alkanes) is 2. The van der Waals surface area contributed by atoms with Gasteiger partial charge in [-0.25, -0.2) is 4.79 Å². The molecule has 0 aliphatic rings. The third kappa shape index (κ3) is 2.12. The summed E-state index contributed by atoms with van der Waals surface area (Å²) in [5, 5.41) is 0. The van der Waals surface area contributed by atoms with Crippen LogP contribution in [0, 0.1) is 6.92 Å². The minimum atomic E-state index is -0.380. The van der Waals surface area contributed by atoms with Gasteiger partial charge in [-0.15, -0.1) is 0 Å². The van der Waals surface area contributed by atoms with E-state index in [1.54, 1.807) is 6.07 Å². The summed E-state index contributed by atoms with van der Waals surface area (Å²) in [4.78, 5) is 13.8. The Bertz CT molecular complexity index is 496. The largest absolute Gasteiger partial charge is 0.417 e. The van der Waals surface area contributed by atoms with E-state index in [0.29, 0.717) is 5.58 Å². The van der Waals surface area contributed by atoms with Gasteiger partial charge in [0.15, 0.2) is 5.58 Å². The van der Waals surface area contributed by atoms with Crippen molar-refractivity contribution in [3.05, 3.63) is 41.2 Å². The van der Waals surface area contributed by atoms with Crippen LogP contribution < -0.4 is 5.76 Å². The topological polar surface area (TPSA) is 46.0 Å². The lowest BCUT2D eigenvalue weighted by atomic mass is 10.1. The van der Waals surface area contributed by atoms with E-state index in [4.69, 9.17) is 4.42 Å². The van der Waals surface area contributed by atoms with Crippen LogP contribution in [0.5, 0.6) is 0 Å². The van der Waals surface area contributed by atoms with Crippen molar-refractivity contribution in [3.63, 3.8) is 0 Å². The van der Waals surface area contributed by atoms with E-state index >= 15 is 0 Å². The van der Waals surface area contributed by atoms with Crippen molar-refractivity contribution in [2.45, 2.75) is 25.7 Å². The first-order valence-corrected chi connectivity index (χ1v) is 5.21. The van der Waals surface area contributed by atoms with E-state index < -0.39 is 0 Å². The minimum absolute atomic E-state index is 0.380. The molecule has 15 heavy (non-hydrogen) atoms. The predicted octanol–water partition coefficient (Wildman–Crippen LogP) is 2.67. The molecule has 2 aromatic rings. The Kier molecular flexibility index (Phi) is 2.90. The highest BCUT2D eigenvalue weighted by atomic mass is 16.4. The van der Waals surface area contributed by atoms with Crippen LogP contribution in [-0.4, -0.2) is 4.98 Å². The lowest BCUT2D eigenvalue weighted by Crippen LogP contribution is -1.94. The zero-order chi connectivity index (χ0) is 10.7. The van der Waals surface area contributed by atoms with Crippen LogP contribution in [0.25, 0.3) is 11.1 Å². The molecule has 1 aromatic carbocycles. The Labute approximate surface area is 88.1 Å². The lowest BCUT2D eigenvalue weighted by Gasteiger charge is -2.00. The van der Waals surface area contributed by atoms with Gasteiger partial charge < -0.3 is 4.42 Å². The molecule has 0 amide bonds. The number of H-pyrrole nitrogens is 1. The van der Waals surface area contributed by atoms with E-state index in [1.807, 2.05) is 12.1 Å². The Morgan fingerprint density at radius 3 is 3.00 bits per heavy atom. The van der Waals surface area contributed by atoms with Gasteiger partial charge in [0.05, 0.1) is 5.52 Å². The molecule has 0 atom stereocenters. The van der Waals surface area contributed by atoms with Crippen LogP contribution in [0.15, 0.2) is 27.4 Å². The number of nitrogens with one attached hydrogen (secondary N) is 1. The smallest absolute Gasteiger partial charge is 0.408 e. The molecule has 1 N–H and O–H groups in total. The fourth-order valence-corrected chi connectivity index (χ4v) is 1.73. The van der Waals surface area contributed by atoms with Crippen molar-refractivity contribution >= 4 is 11.1 Å². The standard InChI is InChI=1S/C12H14NO2/c1-2-3-4-6-9-7-5-8-10-11(9)13-12(14)15-10/h5,7-8H,1-4,6H2,(H,13,14). The molecule has 79 valence electrons. The molecule has 0 unspecified atom stereocenters. The molecule has 0 spiro atoms. The summed E-state index contributed by atoms with van der Waals surface area (Å²) < 4.78 is 4.99. The summed E-state index contributed by atoms with van der Waals surface area (Å²) in [6.07, 6.45) is 4.12. The number of fused-ring (bicyclic) bond motifs is 1. The SMILES string of the molecule is [CH2]CCCCc1cccc2oc(=O)[nH]c12. The predicted molar refractivity (Wildman–Crippen MR) is 59.7 cm³/mol. The fourth-order valence-electron chi connectivity index (χ4n) is 1.73. The molecule has 3 heteroatoms. The molecule has 0 aliphatic carbocycles. The number of aromatic nitrogens is 1. The first-order valence-electron chi connectivity index (χ1n) is 5.21. The summed E-state index contributed by atoms with van der Waals surface area (Å²) in [6.45, 7) is 3.81. The fraction of sp³-hybridized carbons (Fsp3) is 0.333. The molecular formula is C12H14NO2. The van der Waals surface area contributed by atoms with E-state index in [1.165, 1.54) is 0 Å².